The van der Waals surface area contributed by atoms with Crippen LogP contribution in [0.15, 0.2) is 11.8 Å². The van der Waals surface area contributed by atoms with E-state index in [-0.39, 0.29) is 53.9 Å². The van der Waals surface area contributed by atoms with Crippen LogP contribution >= 0.6 is 11.6 Å². The zero-order valence-corrected chi connectivity index (χ0v) is 17.6. The summed E-state index contributed by atoms with van der Waals surface area (Å²) in [4.78, 5) is 22.8. The molecule has 1 amide bonds. The summed E-state index contributed by atoms with van der Waals surface area (Å²) in [5, 5.41) is 11.5. The molecule has 0 aromatic rings. The van der Waals surface area contributed by atoms with Crippen molar-refractivity contribution in [1.82, 2.24) is 5.32 Å². The first-order valence-electron chi connectivity index (χ1n) is 7.80. The SMILES string of the molecule is CC1(C)C[C@@H]1C(=O)N/C(=C\CCCCCl)C(=O)O.CCCN.[H-].[Na+]. The Kier molecular flexibility index (Phi) is 14.5. The van der Waals surface area contributed by atoms with E-state index in [4.69, 9.17) is 22.4 Å². The Balaban J connectivity index is -0.000000661. The number of hydrogen-bond acceptors (Lipinski definition) is 3. The Morgan fingerprint density at radius 1 is 1.43 bits per heavy atom. The molecule has 7 heteroatoms. The molecule has 0 aromatic carbocycles. The first-order valence-corrected chi connectivity index (χ1v) is 8.34. The number of amides is 1. The molecular weight excluding hydrogens is 327 g/mol. The van der Waals surface area contributed by atoms with Crippen LogP contribution in [0.4, 0.5) is 0 Å². The Hall–Kier alpha value is -0.0700. The molecule has 23 heavy (non-hydrogen) atoms. The van der Waals surface area contributed by atoms with E-state index in [0.717, 1.165) is 32.2 Å². The van der Waals surface area contributed by atoms with Crippen LogP contribution in [0, 0.1) is 11.3 Å². The summed E-state index contributed by atoms with van der Waals surface area (Å²) in [5.41, 5.74) is 5.02. The summed E-state index contributed by atoms with van der Waals surface area (Å²) in [5.74, 6) is -0.777. The van der Waals surface area contributed by atoms with Crippen molar-refractivity contribution in [1.29, 1.82) is 0 Å². The van der Waals surface area contributed by atoms with Crippen LogP contribution in [-0.2, 0) is 9.59 Å². The van der Waals surface area contributed by atoms with Crippen LogP contribution in [0.2, 0.25) is 0 Å². The van der Waals surface area contributed by atoms with Gasteiger partial charge in [0.25, 0.3) is 0 Å². The number of hydrogen-bond donors (Lipinski definition) is 3. The van der Waals surface area contributed by atoms with Crippen LogP contribution in [-0.4, -0.2) is 29.4 Å². The number of unbranched alkanes of at least 4 members (excludes halogenated alkanes) is 2. The van der Waals surface area contributed by atoms with Crippen molar-refractivity contribution in [2.24, 2.45) is 17.1 Å². The second kappa shape index (κ2) is 13.2. The van der Waals surface area contributed by atoms with Gasteiger partial charge >= 0.3 is 35.5 Å². The molecule has 1 aliphatic carbocycles. The van der Waals surface area contributed by atoms with Crippen molar-refractivity contribution in [2.75, 3.05) is 12.4 Å². The van der Waals surface area contributed by atoms with E-state index in [1.807, 2.05) is 13.8 Å². The van der Waals surface area contributed by atoms with Gasteiger partial charge in [-0.2, -0.15) is 0 Å². The summed E-state index contributed by atoms with van der Waals surface area (Å²) in [6, 6.07) is 0. The third-order valence-corrected chi connectivity index (χ3v) is 3.81. The van der Waals surface area contributed by atoms with Crippen LogP contribution in [0.5, 0.6) is 0 Å². The Bertz CT molecular complexity index is 405. The number of allylic oxidation sites excluding steroid dienone is 1. The number of carboxylic acids is 1. The number of carbonyl (C=O) groups is 2. The first-order chi connectivity index (χ1) is 10.3. The van der Waals surface area contributed by atoms with Gasteiger partial charge in [0.05, 0.1) is 0 Å². The van der Waals surface area contributed by atoms with Gasteiger partial charge in [-0.3, -0.25) is 4.79 Å². The first kappa shape index (κ1) is 25.2. The maximum absolute atomic E-state index is 11.8. The fourth-order valence-corrected chi connectivity index (χ4v) is 2.00. The molecule has 130 valence electrons. The molecule has 5 nitrogen and oxygen atoms in total. The zero-order chi connectivity index (χ0) is 17.2. The summed E-state index contributed by atoms with van der Waals surface area (Å²) < 4.78 is 0. The van der Waals surface area contributed by atoms with Gasteiger partial charge in [0, 0.05) is 11.8 Å². The summed E-state index contributed by atoms with van der Waals surface area (Å²) in [7, 11) is 0. The number of nitrogens with one attached hydrogen (secondary N) is 1. The minimum Gasteiger partial charge on any atom is -1.00 e. The van der Waals surface area contributed by atoms with Crippen molar-refractivity contribution in [2.45, 2.75) is 52.9 Å². The van der Waals surface area contributed by atoms with Gasteiger partial charge in [0.15, 0.2) is 0 Å². The maximum Gasteiger partial charge on any atom is 1.00 e. The molecule has 0 heterocycles. The predicted molar refractivity (Wildman–Crippen MR) is 90.8 cm³/mol. The monoisotopic (exact) mass is 356 g/mol. The molecule has 1 aliphatic rings. The van der Waals surface area contributed by atoms with E-state index in [1.54, 1.807) is 6.08 Å². The number of alkyl halides is 1. The number of carbonyl (C=O) groups excluding carboxylic acids is 1. The molecule has 4 N–H and O–H groups in total. The summed E-state index contributed by atoms with van der Waals surface area (Å²) in [6.07, 6.45) is 5.75. The number of halogens is 1. The molecule has 1 saturated carbocycles. The van der Waals surface area contributed by atoms with E-state index >= 15 is 0 Å². The number of aliphatic carboxylic acids is 1. The summed E-state index contributed by atoms with van der Waals surface area (Å²) in [6.45, 7) is 6.88. The van der Waals surface area contributed by atoms with Gasteiger partial charge in [-0.15, -0.1) is 11.6 Å². The normalized spacial score (nSPS) is 18.1. The zero-order valence-electron chi connectivity index (χ0n) is 15.8. The van der Waals surface area contributed by atoms with Crippen molar-refractivity contribution < 1.29 is 45.7 Å². The second-order valence-corrected chi connectivity index (χ2v) is 6.51. The molecule has 0 unspecified atom stereocenters. The second-order valence-electron chi connectivity index (χ2n) is 6.13. The van der Waals surface area contributed by atoms with Gasteiger partial charge in [-0.25, -0.2) is 4.79 Å². The molecule has 1 fully saturated rings. The number of rotatable bonds is 8. The van der Waals surface area contributed by atoms with E-state index in [1.165, 1.54) is 0 Å². The topological polar surface area (TPSA) is 92.4 Å². The van der Waals surface area contributed by atoms with Gasteiger partial charge in [0.1, 0.15) is 5.70 Å². The Morgan fingerprint density at radius 3 is 2.30 bits per heavy atom. The third-order valence-electron chi connectivity index (χ3n) is 3.54. The van der Waals surface area contributed by atoms with Crippen LogP contribution in [0.25, 0.3) is 0 Å². The van der Waals surface area contributed by atoms with Crippen molar-refractivity contribution in [3.8, 4) is 0 Å². The van der Waals surface area contributed by atoms with E-state index in [9.17, 15) is 9.59 Å². The largest absolute Gasteiger partial charge is 1.00 e. The van der Waals surface area contributed by atoms with Gasteiger partial charge in [-0.05, 0) is 44.1 Å². The van der Waals surface area contributed by atoms with Crippen molar-refractivity contribution in [3.05, 3.63) is 11.8 Å². The molecule has 0 radical (unpaired) electrons. The Labute approximate surface area is 168 Å². The van der Waals surface area contributed by atoms with Crippen molar-refractivity contribution >= 4 is 23.5 Å². The third kappa shape index (κ3) is 11.2. The number of carboxylic acid groups (broad SMARTS) is 1. The van der Waals surface area contributed by atoms with Gasteiger partial charge < -0.3 is 17.6 Å². The van der Waals surface area contributed by atoms with Crippen molar-refractivity contribution in [3.63, 3.8) is 0 Å². The molecule has 0 bridgehead atoms. The molecule has 0 spiro atoms. The molecule has 1 atom stereocenters. The molecular formula is C16H30ClN2NaO3. The predicted octanol–water partition coefficient (Wildman–Crippen LogP) is -0.00210. The van der Waals surface area contributed by atoms with Crippen LogP contribution in [0.1, 0.15) is 54.3 Å². The number of nitrogens with two attached hydrogens (primary N) is 1. The Morgan fingerprint density at radius 2 is 1.96 bits per heavy atom. The van der Waals surface area contributed by atoms with E-state index in [0.29, 0.717) is 12.3 Å². The average molecular weight is 357 g/mol. The smallest absolute Gasteiger partial charge is 1.00 e. The summed E-state index contributed by atoms with van der Waals surface area (Å²) >= 11 is 5.54. The quantitative estimate of drug-likeness (QED) is 0.247. The van der Waals surface area contributed by atoms with Gasteiger partial charge in [0.2, 0.25) is 5.91 Å². The van der Waals surface area contributed by atoms with Gasteiger partial charge in [-0.1, -0.05) is 26.8 Å². The molecule has 0 aromatic heterocycles. The minimum absolute atomic E-state index is 0. The fourth-order valence-electron chi connectivity index (χ4n) is 1.81. The van der Waals surface area contributed by atoms with E-state index < -0.39 is 5.97 Å². The maximum atomic E-state index is 11.8. The molecule has 0 aliphatic heterocycles. The van der Waals surface area contributed by atoms with E-state index in [2.05, 4.69) is 12.2 Å². The van der Waals surface area contributed by atoms with Crippen LogP contribution in [0.3, 0.4) is 0 Å². The van der Waals surface area contributed by atoms with Crippen LogP contribution < -0.4 is 40.6 Å². The standard InChI is InChI=1S/C13H20ClNO3.C3H9N.Na.H/c1-13(2)8-9(13)11(16)15-10(12(17)18)6-4-3-5-7-14;1-2-3-4;;/h6,9H,3-5,7-8H2,1-2H3,(H,15,16)(H,17,18);2-4H2,1H3;;/q;;+1;-1/b10-6-;;;/t9-;;;/m1.../s1. The fraction of sp³-hybridized carbons (Fsp3) is 0.750. The molecule has 1 rings (SSSR count). The average Bonchev–Trinajstić information content (AvgIpc) is 3.11. The molecule has 0 saturated heterocycles. The minimum atomic E-state index is -1.09.